The predicted molar refractivity (Wildman–Crippen MR) is 87.1 cm³/mol. The van der Waals surface area contributed by atoms with Gasteiger partial charge in [0.15, 0.2) is 0 Å². The van der Waals surface area contributed by atoms with Gasteiger partial charge in [0, 0.05) is 13.1 Å². The van der Waals surface area contributed by atoms with Gasteiger partial charge in [0.1, 0.15) is 0 Å². The molecule has 1 aromatic heterocycles. The molecule has 0 N–H and O–H groups in total. The highest BCUT2D eigenvalue weighted by molar-refractivity contribution is 5.35. The Morgan fingerprint density at radius 3 is 1.68 bits per heavy atom. The lowest BCUT2D eigenvalue weighted by Crippen LogP contribution is -2.23. The molecule has 28 heavy (non-hydrogen) atoms. The largest absolute Gasteiger partial charge is 0.416 e. The van der Waals surface area contributed by atoms with Crippen LogP contribution in [0.25, 0.3) is 0 Å². The van der Waals surface area contributed by atoms with Crippen LogP contribution in [0.2, 0.25) is 0 Å². The second kappa shape index (κ2) is 7.53. The van der Waals surface area contributed by atoms with Gasteiger partial charge in [-0.3, -0.25) is 0 Å². The number of alkyl halides is 6. The average molecular weight is 401 g/mol. The van der Waals surface area contributed by atoms with Gasteiger partial charge in [0.05, 0.1) is 11.1 Å². The average Bonchev–Trinajstić information content (AvgIpc) is 3.15. The van der Waals surface area contributed by atoms with Gasteiger partial charge in [-0.25, -0.2) is 0 Å². The summed E-state index contributed by atoms with van der Waals surface area (Å²) in [5, 5.41) is 7.24. The Morgan fingerprint density at radius 2 is 1.29 bits per heavy atom. The number of halogens is 6. The van der Waals surface area contributed by atoms with E-state index < -0.39 is 23.5 Å². The number of rotatable bonds is 5. The van der Waals surface area contributed by atoms with Gasteiger partial charge < -0.3 is 9.32 Å². The summed E-state index contributed by atoms with van der Waals surface area (Å²) in [6, 6.07) is 9.26. The van der Waals surface area contributed by atoms with Crippen LogP contribution in [0.15, 0.2) is 59.3 Å². The first-order valence-electron chi connectivity index (χ1n) is 7.96. The first kappa shape index (κ1) is 19.7. The smallest absolute Gasteiger partial charge is 0.411 e. The van der Waals surface area contributed by atoms with Crippen LogP contribution in [0.4, 0.5) is 32.4 Å². The van der Waals surface area contributed by atoms with E-state index in [4.69, 9.17) is 4.42 Å². The molecule has 0 spiro atoms. The summed E-state index contributed by atoms with van der Waals surface area (Å²) in [5.41, 5.74) is -1.07. The fourth-order valence-electron chi connectivity index (χ4n) is 2.63. The number of anilines is 1. The van der Waals surface area contributed by atoms with Gasteiger partial charge in [-0.05, 0) is 35.4 Å². The zero-order chi connectivity index (χ0) is 20.4. The number of hydrogen-bond donors (Lipinski definition) is 0. The van der Waals surface area contributed by atoms with E-state index in [9.17, 15) is 26.3 Å². The molecule has 0 saturated carbocycles. The highest BCUT2D eigenvalue weighted by Gasteiger charge is 2.31. The highest BCUT2D eigenvalue weighted by atomic mass is 19.4. The summed E-state index contributed by atoms with van der Waals surface area (Å²) < 4.78 is 82.6. The SMILES string of the molecule is FC(F)(F)c1cccc(CN(Cc2cccc(C(F)(F)F)c2)c2nnco2)c1. The van der Waals surface area contributed by atoms with Crippen molar-refractivity contribution in [3.8, 4) is 0 Å². The van der Waals surface area contributed by atoms with Gasteiger partial charge in [-0.2, -0.15) is 26.3 Å². The molecule has 1 heterocycles. The van der Waals surface area contributed by atoms with E-state index in [2.05, 4.69) is 10.2 Å². The van der Waals surface area contributed by atoms with Crippen molar-refractivity contribution in [3.05, 3.63) is 77.2 Å². The molecule has 0 saturated heterocycles. The van der Waals surface area contributed by atoms with Crippen molar-refractivity contribution in [1.82, 2.24) is 10.2 Å². The molecular formula is C18H13F6N3O. The Bertz CT molecular complexity index is 862. The molecule has 10 heteroatoms. The fraction of sp³-hybridized carbons (Fsp3) is 0.222. The van der Waals surface area contributed by atoms with Gasteiger partial charge >= 0.3 is 18.4 Å². The topological polar surface area (TPSA) is 42.2 Å². The maximum Gasteiger partial charge on any atom is 0.416 e. The molecule has 4 nitrogen and oxygen atoms in total. The quantitative estimate of drug-likeness (QED) is 0.543. The molecule has 0 unspecified atom stereocenters. The summed E-state index contributed by atoms with van der Waals surface area (Å²) in [6.07, 6.45) is -7.99. The number of hydrogen-bond acceptors (Lipinski definition) is 4. The molecule has 3 rings (SSSR count). The maximum absolute atomic E-state index is 12.9. The van der Waals surface area contributed by atoms with Crippen molar-refractivity contribution in [2.24, 2.45) is 0 Å². The molecule has 0 aliphatic carbocycles. The van der Waals surface area contributed by atoms with Crippen molar-refractivity contribution in [1.29, 1.82) is 0 Å². The summed E-state index contributed by atoms with van der Waals surface area (Å²) in [4.78, 5) is 1.40. The Balaban J connectivity index is 1.88. The molecule has 2 aromatic carbocycles. The Kier molecular flexibility index (Phi) is 5.30. The maximum atomic E-state index is 12.9. The zero-order valence-electron chi connectivity index (χ0n) is 14.1. The van der Waals surface area contributed by atoms with Crippen LogP contribution >= 0.6 is 0 Å². The van der Waals surface area contributed by atoms with E-state index in [1.807, 2.05) is 0 Å². The predicted octanol–water partition coefficient (Wildman–Crippen LogP) is 5.31. The lowest BCUT2D eigenvalue weighted by Gasteiger charge is -2.21. The molecular weight excluding hydrogens is 388 g/mol. The lowest BCUT2D eigenvalue weighted by molar-refractivity contribution is -0.138. The van der Waals surface area contributed by atoms with Crippen molar-refractivity contribution < 1.29 is 30.8 Å². The molecule has 0 atom stereocenters. The summed E-state index contributed by atoms with van der Waals surface area (Å²) in [7, 11) is 0. The minimum atomic E-state index is -4.51. The summed E-state index contributed by atoms with van der Waals surface area (Å²) in [5.74, 6) is 0. The van der Waals surface area contributed by atoms with Crippen molar-refractivity contribution in [2.45, 2.75) is 25.4 Å². The first-order valence-corrected chi connectivity index (χ1v) is 7.96. The van der Waals surface area contributed by atoms with Crippen LogP contribution in [0.1, 0.15) is 22.3 Å². The minimum absolute atomic E-state index is 0.0187. The van der Waals surface area contributed by atoms with Crippen LogP contribution < -0.4 is 4.90 Å². The minimum Gasteiger partial charge on any atom is -0.411 e. The van der Waals surface area contributed by atoms with E-state index in [1.54, 1.807) is 0 Å². The zero-order valence-corrected chi connectivity index (χ0v) is 14.1. The second-order valence-electron chi connectivity index (χ2n) is 5.97. The van der Waals surface area contributed by atoms with Gasteiger partial charge in [-0.15, -0.1) is 5.10 Å². The molecule has 0 radical (unpaired) electrons. The second-order valence-corrected chi connectivity index (χ2v) is 5.97. The molecule has 3 aromatic rings. The first-order chi connectivity index (χ1) is 13.1. The van der Waals surface area contributed by atoms with Gasteiger partial charge in [0.25, 0.3) is 0 Å². The van der Waals surface area contributed by atoms with E-state index >= 15 is 0 Å². The van der Waals surface area contributed by atoms with Gasteiger partial charge in [0.2, 0.25) is 6.39 Å². The summed E-state index contributed by atoms with van der Waals surface area (Å²) in [6.45, 7) is -0.134. The van der Waals surface area contributed by atoms with Crippen molar-refractivity contribution in [3.63, 3.8) is 0 Å². The Morgan fingerprint density at radius 1 is 0.786 bits per heavy atom. The van der Waals surface area contributed by atoms with E-state index in [0.29, 0.717) is 11.1 Å². The molecule has 148 valence electrons. The van der Waals surface area contributed by atoms with Crippen molar-refractivity contribution in [2.75, 3.05) is 4.90 Å². The van der Waals surface area contributed by atoms with Crippen LogP contribution in [-0.4, -0.2) is 10.2 Å². The third-order valence-corrected chi connectivity index (χ3v) is 3.87. The molecule has 0 bridgehead atoms. The normalized spacial score (nSPS) is 12.2. The number of aromatic nitrogens is 2. The standard InChI is InChI=1S/C18H13F6N3O/c19-17(20,21)14-5-1-3-12(7-14)9-27(16-26-25-11-28-16)10-13-4-2-6-15(8-13)18(22,23)24/h1-8,11H,9-10H2. The van der Waals surface area contributed by atoms with Gasteiger partial charge in [-0.1, -0.05) is 29.4 Å². The fourth-order valence-corrected chi connectivity index (χ4v) is 2.63. The number of nitrogens with zero attached hydrogens (tertiary/aromatic N) is 3. The monoisotopic (exact) mass is 401 g/mol. The Labute approximate surface area is 155 Å². The van der Waals surface area contributed by atoms with E-state index in [0.717, 1.165) is 30.7 Å². The molecule has 0 amide bonds. The van der Waals surface area contributed by atoms with Crippen LogP contribution in [0.3, 0.4) is 0 Å². The van der Waals surface area contributed by atoms with Crippen LogP contribution in [0.5, 0.6) is 0 Å². The summed E-state index contributed by atoms with van der Waals surface area (Å²) >= 11 is 0. The van der Waals surface area contributed by atoms with E-state index in [-0.39, 0.29) is 19.1 Å². The Hall–Kier alpha value is -3.04. The third-order valence-electron chi connectivity index (χ3n) is 3.87. The van der Waals surface area contributed by atoms with Crippen molar-refractivity contribution >= 4 is 6.01 Å². The van der Waals surface area contributed by atoms with Crippen LogP contribution in [-0.2, 0) is 25.4 Å². The lowest BCUT2D eigenvalue weighted by atomic mass is 10.1. The molecule has 0 fully saturated rings. The third kappa shape index (κ3) is 4.81. The van der Waals surface area contributed by atoms with E-state index in [1.165, 1.54) is 29.2 Å². The highest BCUT2D eigenvalue weighted by Crippen LogP contribution is 2.31. The van der Waals surface area contributed by atoms with Crippen LogP contribution in [0, 0.1) is 0 Å². The molecule has 0 aliphatic heterocycles. The molecule has 0 aliphatic rings. The number of benzene rings is 2.